The van der Waals surface area contributed by atoms with Crippen LogP contribution < -0.4 is 36.5 Å². The van der Waals surface area contributed by atoms with Crippen LogP contribution in [0.2, 0.25) is 0 Å². The van der Waals surface area contributed by atoms with Gasteiger partial charge in [-0.05, 0) is 43.4 Å². The third-order valence-electron chi connectivity index (χ3n) is 10.4. The molecule has 20 heteroatoms. The molecule has 1 saturated heterocycles. The molecule has 5 amide bonds. The van der Waals surface area contributed by atoms with Crippen molar-refractivity contribution in [2.45, 2.75) is 51.6 Å². The number of methoxy groups -OCH3 is 1. The van der Waals surface area contributed by atoms with Gasteiger partial charge in [-0.15, -0.1) is 0 Å². The highest BCUT2D eigenvalue weighted by Crippen LogP contribution is 2.38. The van der Waals surface area contributed by atoms with E-state index in [0.29, 0.717) is 65.6 Å². The number of hydrogen-bond donors (Lipinski definition) is 5. The zero-order valence-electron chi connectivity index (χ0n) is 36.1. The summed E-state index contributed by atoms with van der Waals surface area (Å²) in [4.78, 5) is 87.9. The highest BCUT2D eigenvalue weighted by molar-refractivity contribution is 6.07. The lowest BCUT2D eigenvalue weighted by Crippen LogP contribution is -2.37. The third-order valence-corrected chi connectivity index (χ3v) is 10.4. The number of nitrogens with two attached hydrogens (primary N) is 1. The van der Waals surface area contributed by atoms with E-state index in [1.807, 2.05) is 13.8 Å². The zero-order chi connectivity index (χ0) is 45.5. The molecule has 20 nitrogen and oxygen atoms in total. The molecule has 2 aliphatic heterocycles. The number of hydrogen-bond acceptors (Lipinski definition) is 12. The molecule has 0 bridgehead atoms. The molecule has 334 valence electrons. The quantitative estimate of drug-likeness (QED) is 0.0550. The van der Waals surface area contributed by atoms with E-state index in [1.165, 1.54) is 34.6 Å². The van der Waals surface area contributed by atoms with Crippen LogP contribution in [0.3, 0.4) is 0 Å². The molecular weight excluding hydrogens is 815 g/mol. The minimum atomic E-state index is -0.705. The van der Waals surface area contributed by atoms with Crippen molar-refractivity contribution in [3.05, 3.63) is 77.8 Å². The molecule has 0 aliphatic carbocycles. The first-order chi connectivity index (χ1) is 30.0. The Morgan fingerprint density at radius 1 is 0.873 bits per heavy atom. The zero-order valence-corrected chi connectivity index (χ0v) is 36.1. The van der Waals surface area contributed by atoms with Crippen molar-refractivity contribution in [1.29, 1.82) is 0 Å². The molecule has 6 rings (SSSR count). The summed E-state index contributed by atoms with van der Waals surface area (Å²) < 4.78 is 21.2. The van der Waals surface area contributed by atoms with Gasteiger partial charge in [0.05, 0.1) is 49.0 Å². The number of nitrogens with zero attached hydrogens (tertiary/aromatic N) is 6. The van der Waals surface area contributed by atoms with Crippen molar-refractivity contribution in [3.63, 3.8) is 0 Å². The molecule has 1 aromatic carbocycles. The summed E-state index contributed by atoms with van der Waals surface area (Å²) in [5.74, 6) is -1.52. The van der Waals surface area contributed by atoms with Gasteiger partial charge in [0.25, 0.3) is 23.6 Å². The lowest BCUT2D eigenvalue weighted by Gasteiger charge is -2.20. The molecule has 63 heavy (non-hydrogen) atoms. The number of imidazole rings is 1. The molecular formula is C43H53N11O9. The van der Waals surface area contributed by atoms with Crippen LogP contribution in [-0.2, 0) is 35.5 Å². The molecule has 1 fully saturated rings. The molecule has 5 heterocycles. The second-order valence-electron chi connectivity index (χ2n) is 15.7. The van der Waals surface area contributed by atoms with Crippen molar-refractivity contribution < 1.29 is 43.0 Å². The number of anilines is 3. The van der Waals surface area contributed by atoms with E-state index in [-0.39, 0.29) is 73.2 Å². The Morgan fingerprint density at radius 3 is 2.24 bits per heavy atom. The number of benzene rings is 1. The lowest BCUT2D eigenvalue weighted by molar-refractivity contribution is -0.146. The minimum absolute atomic E-state index is 0.0109. The lowest BCUT2D eigenvalue weighted by atomic mass is 10.1. The van der Waals surface area contributed by atoms with Crippen LogP contribution in [0.25, 0.3) is 0 Å². The monoisotopic (exact) mass is 867 g/mol. The number of esters is 1. The van der Waals surface area contributed by atoms with Crippen LogP contribution in [0.5, 0.6) is 11.5 Å². The summed E-state index contributed by atoms with van der Waals surface area (Å²) in [6.07, 6.45) is 7.90. The smallest absolute Gasteiger partial charge is 0.323 e. The van der Waals surface area contributed by atoms with Gasteiger partial charge in [0.15, 0.2) is 17.3 Å². The van der Waals surface area contributed by atoms with Crippen molar-refractivity contribution in [2.24, 2.45) is 37.8 Å². The van der Waals surface area contributed by atoms with Crippen molar-refractivity contribution >= 4 is 64.6 Å². The van der Waals surface area contributed by atoms with E-state index in [9.17, 15) is 28.8 Å². The molecule has 0 saturated carbocycles. The van der Waals surface area contributed by atoms with Gasteiger partial charge in [0.1, 0.15) is 17.4 Å². The summed E-state index contributed by atoms with van der Waals surface area (Å²) in [5, 5.41) is 11.0. The van der Waals surface area contributed by atoms with Gasteiger partial charge in [-0.1, -0.05) is 26.0 Å². The number of carbonyl (C=O) groups is 6. The van der Waals surface area contributed by atoms with E-state index in [0.717, 1.165) is 5.57 Å². The number of amides is 5. The number of aromatic nitrogens is 4. The first-order valence-electron chi connectivity index (χ1n) is 20.4. The standard InChI is InChI=1S/C43H53N11O9/c1-24(2)37(44)43(60)63-13-9-11-45-39(56)31-15-26(21-51(31)4)47-40(57)32-16-27(22-52(32)5)48-41(58)38-50-35(23-53(38)6)49-36(55)10-8-12-62-34-18-30-29(17-33(34)61-7)42(59)54-20-25(3)14-28(54)19-46-30/h15-19,21-24,28,37H,3,8-14,20,44H2,1-2,4-7H3,(H,45,56)(H,47,57)(H,48,58)(H,49,55)/t28-,37?/m0/s1. The number of rotatable bonds is 18. The fourth-order valence-corrected chi connectivity index (χ4v) is 6.97. The van der Waals surface area contributed by atoms with Crippen LogP contribution in [0, 0.1) is 5.92 Å². The maximum absolute atomic E-state index is 13.3. The Kier molecular flexibility index (Phi) is 14.1. The number of ether oxygens (including phenoxy) is 3. The van der Waals surface area contributed by atoms with Crippen LogP contribution >= 0.6 is 0 Å². The van der Waals surface area contributed by atoms with Gasteiger partial charge in [-0.2, -0.15) is 0 Å². The Labute approximate surface area is 363 Å². The highest BCUT2D eigenvalue weighted by Gasteiger charge is 2.34. The van der Waals surface area contributed by atoms with Gasteiger partial charge in [-0.3, -0.25) is 33.8 Å². The molecule has 4 aromatic rings. The van der Waals surface area contributed by atoms with Crippen LogP contribution in [-0.4, -0.2) is 111 Å². The molecule has 3 aromatic heterocycles. The largest absolute Gasteiger partial charge is 0.493 e. The Hall–Kier alpha value is -7.22. The van der Waals surface area contributed by atoms with Gasteiger partial charge in [0.2, 0.25) is 11.7 Å². The number of carbonyl (C=O) groups excluding carboxylic acids is 6. The van der Waals surface area contributed by atoms with Crippen molar-refractivity contribution in [3.8, 4) is 11.5 Å². The molecule has 2 aliphatic rings. The van der Waals surface area contributed by atoms with E-state index in [1.54, 1.807) is 61.4 Å². The van der Waals surface area contributed by atoms with E-state index >= 15 is 0 Å². The number of nitrogens with one attached hydrogen (secondary N) is 4. The van der Waals surface area contributed by atoms with Crippen LogP contribution in [0.15, 0.2) is 60.0 Å². The molecule has 1 unspecified atom stereocenters. The average molecular weight is 868 g/mol. The second-order valence-corrected chi connectivity index (χ2v) is 15.7. The highest BCUT2D eigenvalue weighted by atomic mass is 16.5. The van der Waals surface area contributed by atoms with E-state index in [2.05, 4.69) is 37.8 Å². The summed E-state index contributed by atoms with van der Waals surface area (Å²) >= 11 is 0. The SMILES string of the molecule is C=C1C[C@H]2C=Nc3cc(OCCCC(=O)Nc4cn(C)c(C(=O)Nc5cc(C(=O)Nc6cc(C(=O)NCCCOC(=O)C(N)C(C)C)n(C)c6)n(C)c5)n4)c(OC)cc3C(=O)N2C1. The molecule has 6 N–H and O–H groups in total. The molecule has 0 spiro atoms. The number of aryl methyl sites for hydroxylation is 3. The minimum Gasteiger partial charge on any atom is -0.493 e. The number of aliphatic imine (C=N–C) groups is 1. The van der Waals surface area contributed by atoms with Crippen LogP contribution in [0.4, 0.5) is 22.9 Å². The first kappa shape index (κ1) is 45.3. The average Bonchev–Trinajstić information content (AvgIpc) is 4.00. The van der Waals surface area contributed by atoms with Gasteiger partial charge in [0, 0.05) is 71.5 Å². The van der Waals surface area contributed by atoms with Crippen molar-refractivity contribution in [2.75, 3.05) is 49.4 Å². The Morgan fingerprint density at radius 2 is 1.56 bits per heavy atom. The number of fused-ring (bicyclic) bond motifs is 2. The van der Waals surface area contributed by atoms with Crippen molar-refractivity contribution in [1.82, 2.24) is 28.9 Å². The molecule has 2 atom stereocenters. The fraction of sp³-hybridized carbons (Fsp3) is 0.395. The Bertz CT molecular complexity index is 2460. The van der Waals surface area contributed by atoms with E-state index in [4.69, 9.17) is 19.9 Å². The van der Waals surface area contributed by atoms with E-state index < -0.39 is 23.8 Å². The summed E-state index contributed by atoms with van der Waals surface area (Å²) in [5.41, 5.74) is 8.86. The maximum Gasteiger partial charge on any atom is 0.323 e. The fourth-order valence-electron chi connectivity index (χ4n) is 6.97. The van der Waals surface area contributed by atoms with Gasteiger partial charge >= 0.3 is 5.97 Å². The third kappa shape index (κ3) is 10.8. The second kappa shape index (κ2) is 19.7. The summed E-state index contributed by atoms with van der Waals surface area (Å²) in [6, 6.07) is 5.45. The van der Waals surface area contributed by atoms with Gasteiger partial charge in [-0.25, -0.2) is 4.98 Å². The van der Waals surface area contributed by atoms with Gasteiger partial charge < -0.3 is 59.8 Å². The predicted molar refractivity (Wildman–Crippen MR) is 234 cm³/mol. The summed E-state index contributed by atoms with van der Waals surface area (Å²) in [7, 11) is 6.40. The maximum atomic E-state index is 13.3. The normalized spacial score (nSPS) is 14.7. The topological polar surface area (TPSA) is 248 Å². The first-order valence-corrected chi connectivity index (χ1v) is 20.4. The molecule has 0 radical (unpaired) electrons. The Balaban J connectivity index is 0.955. The predicted octanol–water partition coefficient (Wildman–Crippen LogP) is 3.54. The van der Waals surface area contributed by atoms with Crippen LogP contribution in [0.1, 0.15) is 81.5 Å². The summed E-state index contributed by atoms with van der Waals surface area (Å²) in [6.45, 7) is 8.68.